The van der Waals surface area contributed by atoms with Crippen molar-refractivity contribution in [1.29, 1.82) is 0 Å². The lowest BCUT2D eigenvalue weighted by molar-refractivity contribution is -0.154. The van der Waals surface area contributed by atoms with Gasteiger partial charge in [0, 0.05) is 13.8 Å². The lowest BCUT2D eigenvalue weighted by Crippen LogP contribution is -2.35. The number of ether oxygens (including phenoxy) is 2. The maximum Gasteiger partial charge on any atom is 0.307 e. The summed E-state index contributed by atoms with van der Waals surface area (Å²) in [5.41, 5.74) is 0.729. The van der Waals surface area contributed by atoms with Gasteiger partial charge in [0.05, 0.1) is 17.4 Å². The van der Waals surface area contributed by atoms with E-state index in [2.05, 4.69) is 0 Å². The lowest BCUT2D eigenvalue weighted by atomic mass is 9.96. The number of carboxylic acids is 1. The molecule has 1 N–H and O–H groups in total. The maximum absolute atomic E-state index is 12.6. The molecular formula is C21H24O8S. The van der Waals surface area contributed by atoms with E-state index in [-0.39, 0.29) is 6.42 Å². The highest BCUT2D eigenvalue weighted by molar-refractivity contribution is 7.91. The third-order valence-corrected chi connectivity index (χ3v) is 6.19. The third-order valence-electron chi connectivity index (χ3n) is 4.40. The van der Waals surface area contributed by atoms with Crippen LogP contribution < -0.4 is 0 Å². The van der Waals surface area contributed by atoms with Crippen molar-refractivity contribution in [3.63, 3.8) is 0 Å². The van der Waals surface area contributed by atoms with Gasteiger partial charge >= 0.3 is 17.9 Å². The zero-order valence-corrected chi connectivity index (χ0v) is 17.6. The predicted molar refractivity (Wildman–Crippen MR) is 110 cm³/mol. The fourth-order valence-electron chi connectivity index (χ4n) is 3.17. The summed E-state index contributed by atoms with van der Waals surface area (Å²) >= 11 is 0. The molecule has 0 aromatic heterocycles. The van der Waals surface area contributed by atoms with Gasteiger partial charge in [-0.25, -0.2) is 8.42 Å². The van der Waals surface area contributed by atoms with E-state index in [1.165, 1.54) is 0 Å². The fourth-order valence-corrected chi connectivity index (χ4v) is 4.91. The molecule has 0 aliphatic carbocycles. The van der Waals surface area contributed by atoms with Crippen LogP contribution in [0.4, 0.5) is 0 Å². The van der Waals surface area contributed by atoms with Gasteiger partial charge in [0.1, 0.15) is 12.7 Å². The van der Waals surface area contributed by atoms with Crippen LogP contribution in [-0.4, -0.2) is 55.6 Å². The molecule has 0 saturated heterocycles. The summed E-state index contributed by atoms with van der Waals surface area (Å²) in [6.45, 7) is 1.83. The standard InChI is InChI=1S/C21H24O8S/c1-14(22)28-11-19(29-15(2)23)13-30(26,27)12-18(21(24)25)10-17-8-5-7-16-6-3-4-9-20(16)17/h3-9,18-19H,10-13H2,1-2H3,(H,24,25)/t18-,19+/m1/s1. The Balaban J connectivity index is 2.18. The summed E-state index contributed by atoms with van der Waals surface area (Å²) in [4.78, 5) is 34.0. The normalized spacial score (nSPS) is 13.4. The van der Waals surface area contributed by atoms with E-state index in [4.69, 9.17) is 9.47 Å². The first-order chi connectivity index (χ1) is 14.1. The van der Waals surface area contributed by atoms with Gasteiger partial charge in [-0.3, -0.25) is 14.4 Å². The highest BCUT2D eigenvalue weighted by atomic mass is 32.2. The minimum atomic E-state index is -3.94. The number of carbonyl (C=O) groups excluding carboxylic acids is 2. The first-order valence-electron chi connectivity index (χ1n) is 9.28. The van der Waals surface area contributed by atoms with Crippen molar-refractivity contribution < 1.29 is 37.4 Å². The van der Waals surface area contributed by atoms with Crippen molar-refractivity contribution in [2.75, 3.05) is 18.1 Å². The van der Waals surface area contributed by atoms with Crippen molar-refractivity contribution in [1.82, 2.24) is 0 Å². The average Bonchev–Trinajstić information content (AvgIpc) is 2.65. The van der Waals surface area contributed by atoms with Crippen LogP contribution in [0.3, 0.4) is 0 Å². The molecule has 0 bridgehead atoms. The molecule has 8 nitrogen and oxygen atoms in total. The average molecular weight is 436 g/mol. The van der Waals surface area contributed by atoms with Gasteiger partial charge < -0.3 is 14.6 Å². The van der Waals surface area contributed by atoms with Gasteiger partial charge in [-0.2, -0.15) is 0 Å². The largest absolute Gasteiger partial charge is 0.481 e. The Labute approximate surface area is 174 Å². The molecular weight excluding hydrogens is 412 g/mol. The van der Waals surface area contributed by atoms with Crippen molar-refractivity contribution in [2.24, 2.45) is 5.92 Å². The molecule has 0 spiro atoms. The quantitative estimate of drug-likeness (QED) is 0.561. The van der Waals surface area contributed by atoms with Crippen LogP contribution >= 0.6 is 0 Å². The van der Waals surface area contributed by atoms with Crippen LogP contribution in [0.2, 0.25) is 0 Å². The minimum Gasteiger partial charge on any atom is -0.481 e. The summed E-state index contributed by atoms with van der Waals surface area (Å²) in [7, 11) is -3.94. The topological polar surface area (TPSA) is 124 Å². The van der Waals surface area contributed by atoms with E-state index in [0.717, 1.165) is 30.2 Å². The molecule has 0 unspecified atom stereocenters. The first-order valence-corrected chi connectivity index (χ1v) is 11.1. The maximum atomic E-state index is 12.6. The first kappa shape index (κ1) is 23.3. The van der Waals surface area contributed by atoms with Crippen molar-refractivity contribution in [3.8, 4) is 0 Å². The Morgan fingerprint density at radius 3 is 2.27 bits per heavy atom. The van der Waals surface area contributed by atoms with Crippen LogP contribution in [0.5, 0.6) is 0 Å². The number of carboxylic acid groups (broad SMARTS) is 1. The van der Waals surface area contributed by atoms with Gasteiger partial charge in [-0.1, -0.05) is 42.5 Å². The number of benzene rings is 2. The highest BCUT2D eigenvalue weighted by Gasteiger charge is 2.30. The molecule has 162 valence electrons. The van der Waals surface area contributed by atoms with Gasteiger partial charge in [-0.05, 0) is 22.8 Å². The van der Waals surface area contributed by atoms with Gasteiger partial charge in [0.2, 0.25) is 0 Å². The van der Waals surface area contributed by atoms with E-state index in [1.807, 2.05) is 30.3 Å². The minimum absolute atomic E-state index is 0.0259. The zero-order chi connectivity index (χ0) is 22.3. The second kappa shape index (κ2) is 10.2. The number of hydrogen-bond acceptors (Lipinski definition) is 7. The Morgan fingerprint density at radius 2 is 1.63 bits per heavy atom. The second-order valence-corrected chi connectivity index (χ2v) is 9.14. The number of hydrogen-bond donors (Lipinski definition) is 1. The second-order valence-electron chi connectivity index (χ2n) is 6.99. The van der Waals surface area contributed by atoms with Gasteiger partial charge in [0.15, 0.2) is 9.84 Å². The molecule has 0 aliphatic rings. The van der Waals surface area contributed by atoms with Crippen molar-refractivity contribution >= 4 is 38.5 Å². The number of sulfone groups is 1. The van der Waals surface area contributed by atoms with E-state index in [1.54, 1.807) is 12.1 Å². The Bertz CT molecular complexity index is 1020. The molecule has 0 heterocycles. The molecule has 2 aromatic rings. The summed E-state index contributed by atoms with van der Waals surface area (Å²) < 4.78 is 34.9. The van der Waals surface area contributed by atoms with E-state index >= 15 is 0 Å². The van der Waals surface area contributed by atoms with E-state index in [0.29, 0.717) is 0 Å². The van der Waals surface area contributed by atoms with Crippen LogP contribution in [0.15, 0.2) is 42.5 Å². The number of rotatable bonds is 10. The molecule has 2 aromatic carbocycles. The fraction of sp³-hybridized carbons (Fsp3) is 0.381. The summed E-state index contributed by atoms with van der Waals surface area (Å²) in [5.74, 6) is -5.08. The molecule has 0 aliphatic heterocycles. The third kappa shape index (κ3) is 7.14. The SMILES string of the molecule is CC(=O)OC[C@@H](CS(=O)(=O)C[C@@H](Cc1cccc2ccccc12)C(=O)O)OC(C)=O. The summed E-state index contributed by atoms with van der Waals surface area (Å²) in [5, 5.41) is 11.4. The Morgan fingerprint density at radius 1 is 0.967 bits per heavy atom. The number of fused-ring (bicyclic) bond motifs is 1. The molecule has 0 amide bonds. The number of aliphatic carboxylic acids is 1. The smallest absolute Gasteiger partial charge is 0.307 e. The molecule has 0 saturated carbocycles. The lowest BCUT2D eigenvalue weighted by Gasteiger charge is -2.19. The Kier molecular flexibility index (Phi) is 7.93. The number of carbonyl (C=O) groups is 3. The van der Waals surface area contributed by atoms with Crippen LogP contribution in [0.1, 0.15) is 19.4 Å². The Hall–Kier alpha value is -2.94. The van der Waals surface area contributed by atoms with Crippen LogP contribution in [0.25, 0.3) is 10.8 Å². The van der Waals surface area contributed by atoms with E-state index in [9.17, 15) is 27.9 Å². The molecule has 30 heavy (non-hydrogen) atoms. The molecule has 0 fully saturated rings. The number of esters is 2. The molecule has 0 radical (unpaired) electrons. The van der Waals surface area contributed by atoms with Gasteiger partial charge in [0.25, 0.3) is 0 Å². The molecule has 9 heteroatoms. The highest BCUT2D eigenvalue weighted by Crippen LogP contribution is 2.22. The molecule has 2 rings (SSSR count). The van der Waals surface area contributed by atoms with Crippen molar-refractivity contribution in [2.45, 2.75) is 26.4 Å². The summed E-state index contributed by atoms with van der Waals surface area (Å²) in [6, 6.07) is 12.9. The predicted octanol–water partition coefficient (Wildman–Crippen LogP) is 1.99. The van der Waals surface area contributed by atoms with Crippen LogP contribution in [0, 0.1) is 5.92 Å². The summed E-state index contributed by atoms with van der Waals surface area (Å²) in [6.07, 6.45) is -1.18. The van der Waals surface area contributed by atoms with E-state index < -0.39 is 57.9 Å². The van der Waals surface area contributed by atoms with Crippen LogP contribution in [-0.2, 0) is 40.1 Å². The van der Waals surface area contributed by atoms with Gasteiger partial charge in [-0.15, -0.1) is 0 Å². The van der Waals surface area contributed by atoms with Crippen molar-refractivity contribution in [3.05, 3.63) is 48.0 Å². The molecule has 2 atom stereocenters. The zero-order valence-electron chi connectivity index (χ0n) is 16.7. The monoisotopic (exact) mass is 436 g/mol.